The molecule has 1 spiro atoms. The lowest BCUT2D eigenvalue weighted by Gasteiger charge is -2.66. The molecular formula is C71H87N5O9. The Morgan fingerprint density at radius 1 is 0.894 bits per heavy atom. The molecule has 12 N–H and O–H groups in total. The van der Waals surface area contributed by atoms with Crippen LogP contribution in [0.15, 0.2) is 89.9 Å². The van der Waals surface area contributed by atoms with Crippen LogP contribution in [0, 0.1) is 76.4 Å². The van der Waals surface area contributed by atoms with Gasteiger partial charge in [0.1, 0.15) is 11.2 Å². The average Bonchev–Trinajstić information content (AvgIpc) is 1.62. The zero-order chi connectivity index (χ0) is 59.1. The molecule has 1 saturated heterocycles. The number of aliphatic hydroxyl groups excluding tert-OH is 4. The van der Waals surface area contributed by atoms with Crippen molar-refractivity contribution in [3.63, 3.8) is 0 Å². The maximum Gasteiger partial charge on any atom is 0.160 e. The summed E-state index contributed by atoms with van der Waals surface area (Å²) in [4.78, 5) is 32.8. The number of dihydropyridines is 1. The van der Waals surface area contributed by atoms with Crippen molar-refractivity contribution in [2.45, 2.75) is 182 Å². The van der Waals surface area contributed by atoms with Crippen LogP contribution in [0.5, 0.6) is 11.5 Å². The standard InChI is InChI=1S/C71H87N5O9/c1-4-38-36-74-62(72)35-51(38)50(41-15-14-39-9-5-6-10-40(39)27-41)34-57(79)56(78)28-43-20-24-71(60(81)18-16-42-29-59(85-3)58(80)33-49(42)43)25-21-44(30-61(71)82)64-48(17-19-63(83)84)65-54-13-7-11-45-12-8-23-70(45,2)75-37-53(64)67-68(65)66-52(47-22-26-73-69(47)67)31-46(77)32-55(66)76-54/h5-6,9-10,14-15,22,26-27,29,33,35,43-45,48,50,52-57,61,63-68,73-76,78-80,82-84H,4,8,12-13,16-19,21,23,25,28,30-32,34,36-37,72H2,1-3H3/t43-,44+,45-,48+,50-,52-,53+,54-,55-,56-,57+,61-,64-,65-,66+,67-,68+,70-,71+/m1/s1. The van der Waals surface area contributed by atoms with Crippen molar-refractivity contribution in [1.82, 2.24) is 20.9 Å². The zero-order valence-electron chi connectivity index (χ0n) is 49.5. The van der Waals surface area contributed by atoms with Gasteiger partial charge in [0, 0.05) is 85.4 Å². The molecule has 4 aliphatic heterocycles. The van der Waals surface area contributed by atoms with E-state index in [2.05, 4.69) is 101 Å². The summed E-state index contributed by atoms with van der Waals surface area (Å²) in [6, 6.07) is 20.1. The van der Waals surface area contributed by atoms with Crippen LogP contribution in [-0.4, -0.2) is 110 Å². The lowest BCUT2D eigenvalue weighted by atomic mass is 9.41. The number of piperidine rings is 1. The number of carbonyl (C=O) groups is 2. The largest absolute Gasteiger partial charge is 0.504 e. The maximum atomic E-state index is 15.3. The Labute approximate surface area is 500 Å². The smallest absolute Gasteiger partial charge is 0.160 e. The monoisotopic (exact) mass is 1150 g/mol. The molecule has 0 amide bonds. The van der Waals surface area contributed by atoms with E-state index in [0.29, 0.717) is 75.2 Å². The van der Waals surface area contributed by atoms with E-state index in [4.69, 9.17) is 10.5 Å². The highest BCUT2D eigenvalue weighted by atomic mass is 16.5. The number of aromatic hydroxyl groups is 1. The molecular weight excluding hydrogens is 1070 g/mol. The number of aryl methyl sites for hydroxylation is 1. The number of rotatable bonds is 13. The Morgan fingerprint density at radius 2 is 1.73 bits per heavy atom. The van der Waals surface area contributed by atoms with Gasteiger partial charge in [-0.2, -0.15) is 0 Å². The van der Waals surface area contributed by atoms with E-state index in [1.807, 2.05) is 18.2 Å². The molecule has 10 aliphatic rings. The van der Waals surface area contributed by atoms with Gasteiger partial charge < -0.3 is 62.0 Å². The first-order valence-corrected chi connectivity index (χ1v) is 32.0. The first kappa shape index (κ1) is 58.1. The fraction of sp³-hybridized carbons (Fsp3) is 0.577. The Morgan fingerprint density at radius 3 is 2.53 bits per heavy atom. The van der Waals surface area contributed by atoms with E-state index in [1.165, 1.54) is 18.4 Å². The molecule has 4 bridgehead atoms. The summed E-state index contributed by atoms with van der Waals surface area (Å²) >= 11 is 0. The van der Waals surface area contributed by atoms with Gasteiger partial charge in [-0.1, -0.05) is 73.6 Å². The molecule has 14 nitrogen and oxygen atoms in total. The molecule has 14 heteroatoms. The normalized spacial score (nSPS) is 35.8. The third-order valence-corrected chi connectivity index (χ3v) is 23.1. The number of aromatic amines is 1. The molecule has 5 heterocycles. The van der Waals surface area contributed by atoms with Crippen LogP contribution in [0.2, 0.25) is 0 Å². The van der Waals surface area contributed by atoms with Crippen molar-refractivity contribution in [1.29, 1.82) is 0 Å². The maximum absolute atomic E-state index is 15.3. The van der Waals surface area contributed by atoms with E-state index in [0.717, 1.165) is 58.7 Å². The minimum absolute atomic E-state index is 0.00184. The third kappa shape index (κ3) is 10.4. The third-order valence-electron chi connectivity index (χ3n) is 23.1. The summed E-state index contributed by atoms with van der Waals surface area (Å²) in [6.07, 6.45) is 6.91. The molecule has 85 heavy (non-hydrogen) atoms. The number of phenolic OH excluding ortho intramolecular Hbond substituents is 1. The van der Waals surface area contributed by atoms with Crippen LogP contribution >= 0.6 is 0 Å². The fourth-order valence-electron chi connectivity index (χ4n) is 19.1. The van der Waals surface area contributed by atoms with Gasteiger partial charge in [-0.25, -0.2) is 0 Å². The number of nitrogens with one attached hydrogen (secondary N) is 4. The molecule has 1 aromatic heterocycles. The van der Waals surface area contributed by atoms with Gasteiger partial charge in [0.05, 0.1) is 31.2 Å². The zero-order valence-corrected chi connectivity index (χ0v) is 49.5. The average molecular weight is 1150 g/mol. The Hall–Kier alpha value is -5.94. The van der Waals surface area contributed by atoms with Gasteiger partial charge in [0.2, 0.25) is 0 Å². The second kappa shape index (κ2) is 23.3. The SMILES string of the molecule is CCC1=C([C@H](C[C@H](O)[C@H](O)C[C@H]2C#C[C@]3(CC[C@H]([C@H]4[C@@H]5CN[C@]6(C)CCC[C@H]6C#CC[C@H]6N[C@@H]7CC(=O)C[C@@H]8c9cc[nH]c9[C@H]5[C@@H]([C@@H]6[C@H]4CCC(O)O)[C@@H]87)C[C@H]3O)C(=O)CCc3cc(OC)c(O)cc32)c2ccc3ccccc3c2)C=C(N)NC1. The minimum atomic E-state index is -1.50. The molecule has 14 rings (SSSR count). The molecule has 6 aliphatic carbocycles. The van der Waals surface area contributed by atoms with Crippen molar-refractivity contribution in [2.75, 3.05) is 20.2 Å². The lowest BCUT2D eigenvalue weighted by Crippen LogP contribution is -2.69. The number of methoxy groups -OCH3 is 1. The second-order valence-electron chi connectivity index (χ2n) is 27.4. The number of phenols is 1. The number of Topliss-reactive ketones (excluding diaryl/α,β-unsaturated/α-hetero) is 2. The quantitative estimate of drug-likeness (QED) is 0.0450. The summed E-state index contributed by atoms with van der Waals surface area (Å²) in [6.45, 7) is 5.74. The first-order chi connectivity index (χ1) is 41.1. The number of aromatic nitrogens is 1. The summed E-state index contributed by atoms with van der Waals surface area (Å²) < 4.78 is 5.62. The van der Waals surface area contributed by atoms with E-state index >= 15 is 4.79 Å². The topological polar surface area (TPSA) is 243 Å². The van der Waals surface area contributed by atoms with Gasteiger partial charge in [-0.3, -0.25) is 9.59 Å². The number of fused-ring (bicyclic) bond motifs is 7. The summed E-state index contributed by atoms with van der Waals surface area (Å²) in [7, 11) is 1.49. The Balaban J connectivity index is 0.857. The summed E-state index contributed by atoms with van der Waals surface area (Å²) in [5.74, 6) is 15.1. The number of hydrogen-bond acceptors (Lipinski definition) is 13. The van der Waals surface area contributed by atoms with Gasteiger partial charge in [-0.05, 0) is 200 Å². The number of hydrogen-bond donors (Lipinski definition) is 11. The van der Waals surface area contributed by atoms with Crippen LogP contribution in [0.1, 0.15) is 162 Å². The van der Waals surface area contributed by atoms with Crippen molar-refractivity contribution in [3.8, 4) is 35.2 Å². The van der Waals surface area contributed by atoms with Crippen LogP contribution in [0.4, 0.5) is 0 Å². The van der Waals surface area contributed by atoms with Crippen molar-refractivity contribution >= 4 is 22.3 Å². The van der Waals surface area contributed by atoms with Gasteiger partial charge in [0.25, 0.3) is 0 Å². The fourth-order valence-corrected chi connectivity index (χ4v) is 19.1. The Kier molecular flexibility index (Phi) is 15.9. The molecule has 450 valence electrons. The lowest BCUT2D eigenvalue weighted by molar-refractivity contribution is -0.147. The van der Waals surface area contributed by atoms with Gasteiger partial charge in [-0.15, -0.1) is 5.92 Å². The highest BCUT2D eigenvalue weighted by Gasteiger charge is 2.65. The molecule has 4 aromatic rings. The second-order valence-corrected chi connectivity index (χ2v) is 27.4. The number of allylic oxidation sites excluding steroid dienone is 2. The first-order valence-electron chi connectivity index (χ1n) is 32.0. The number of benzene rings is 3. The van der Waals surface area contributed by atoms with E-state index in [-0.39, 0.29) is 132 Å². The minimum Gasteiger partial charge on any atom is -0.504 e. The number of nitrogens with two attached hydrogens (primary N) is 1. The predicted octanol–water partition coefficient (Wildman–Crippen LogP) is 7.97. The predicted molar refractivity (Wildman–Crippen MR) is 326 cm³/mol. The van der Waals surface area contributed by atoms with Crippen LogP contribution in [0.25, 0.3) is 10.8 Å². The number of ether oxygens (including phenoxy) is 1. The molecule has 0 unspecified atom stereocenters. The summed E-state index contributed by atoms with van der Waals surface area (Å²) in [5.41, 5.74) is 11.8. The van der Waals surface area contributed by atoms with Crippen LogP contribution < -0.4 is 26.4 Å². The number of carbonyl (C=O) groups excluding carboxylic acids is 2. The highest BCUT2D eigenvalue weighted by molar-refractivity contribution is 5.89. The Bertz CT molecular complexity index is 3420. The summed E-state index contributed by atoms with van der Waals surface area (Å²) in [5, 5.41) is 84.7. The highest BCUT2D eigenvalue weighted by Crippen LogP contribution is 2.67. The number of aliphatic hydroxyl groups is 5. The number of H-pyrrole nitrogens is 1. The van der Waals surface area contributed by atoms with E-state index in [1.54, 1.807) is 12.1 Å². The van der Waals surface area contributed by atoms with Crippen LogP contribution in [0.3, 0.4) is 0 Å². The molecule has 4 saturated carbocycles. The molecule has 19 atom stereocenters. The van der Waals surface area contributed by atoms with Crippen molar-refractivity contribution < 1.29 is 45.0 Å². The van der Waals surface area contributed by atoms with E-state index in [9.17, 15) is 35.4 Å². The van der Waals surface area contributed by atoms with E-state index < -0.39 is 35.9 Å². The van der Waals surface area contributed by atoms with Crippen molar-refractivity contribution in [3.05, 3.63) is 118 Å². The molecule has 5 fully saturated rings. The number of ketones is 2. The van der Waals surface area contributed by atoms with Crippen LogP contribution in [-0.2, 0) is 16.0 Å². The van der Waals surface area contributed by atoms with Gasteiger partial charge >= 0.3 is 0 Å². The van der Waals surface area contributed by atoms with Gasteiger partial charge in [0.15, 0.2) is 23.6 Å². The molecule has 0 radical (unpaired) electrons. The molecule has 3 aromatic carbocycles. The van der Waals surface area contributed by atoms with Crippen molar-refractivity contribution in [2.24, 2.45) is 58.5 Å².